The second kappa shape index (κ2) is 3.91. The summed E-state index contributed by atoms with van der Waals surface area (Å²) >= 11 is 0. The van der Waals surface area contributed by atoms with Gasteiger partial charge in [0.1, 0.15) is 0 Å². The maximum atomic E-state index is 9.54. The topological polar surface area (TPSA) is 35.5 Å². The summed E-state index contributed by atoms with van der Waals surface area (Å²) in [6, 6.07) is 0. The minimum absolute atomic E-state index is 0.838. The van der Waals surface area contributed by atoms with E-state index in [1.165, 1.54) is 0 Å². The molecule has 0 bridgehead atoms. The Hall–Kier alpha value is -0.120. The van der Waals surface area contributed by atoms with Gasteiger partial charge in [-0.25, -0.2) is 0 Å². The fourth-order valence-electron chi connectivity index (χ4n) is 0.520. The fourth-order valence-corrected chi connectivity index (χ4v) is 0.520. The molecule has 3 nitrogen and oxygen atoms in total. The van der Waals surface area contributed by atoms with E-state index in [9.17, 15) is 5.11 Å². The zero-order valence-electron chi connectivity index (χ0n) is 7.31. The van der Waals surface area contributed by atoms with Crippen LogP contribution in [-0.4, -0.2) is 36.5 Å². The molecule has 1 unspecified atom stereocenters. The van der Waals surface area contributed by atoms with Crippen molar-refractivity contribution in [3.8, 4) is 0 Å². The van der Waals surface area contributed by atoms with Crippen molar-refractivity contribution >= 4 is 0 Å². The summed E-state index contributed by atoms with van der Waals surface area (Å²) in [5.74, 6) is -0.865. The monoisotopic (exact) mass is 146 g/mol. The Morgan fingerprint density at radius 1 is 1.50 bits per heavy atom. The van der Waals surface area contributed by atoms with E-state index in [2.05, 4.69) is 12.2 Å². The highest BCUT2D eigenvalue weighted by molar-refractivity contribution is 4.64. The van der Waals surface area contributed by atoms with Crippen molar-refractivity contribution in [1.82, 2.24) is 10.2 Å². The molecule has 0 aromatic heterocycles. The number of rotatable bonds is 4. The molecule has 0 aliphatic carbocycles. The molecule has 0 heterocycles. The van der Waals surface area contributed by atoms with Crippen LogP contribution >= 0.6 is 0 Å². The summed E-state index contributed by atoms with van der Waals surface area (Å²) in [4.78, 5) is 1.74. The summed E-state index contributed by atoms with van der Waals surface area (Å²) in [5.41, 5.74) is 0. The first-order valence-corrected chi connectivity index (χ1v) is 3.65. The van der Waals surface area contributed by atoms with Gasteiger partial charge in [0.2, 0.25) is 0 Å². The first kappa shape index (κ1) is 9.88. The molecule has 0 radical (unpaired) electrons. The van der Waals surface area contributed by atoms with Gasteiger partial charge in [0.25, 0.3) is 0 Å². The maximum Gasteiger partial charge on any atom is 0.170 e. The Kier molecular flexibility index (Phi) is 3.86. The average molecular weight is 146 g/mol. The van der Waals surface area contributed by atoms with E-state index in [0.717, 1.165) is 13.0 Å². The van der Waals surface area contributed by atoms with Crippen molar-refractivity contribution in [3.05, 3.63) is 0 Å². The number of nitrogens with zero attached hydrogens (tertiary/aromatic N) is 1. The molecular weight excluding hydrogens is 128 g/mol. The molecule has 0 aliphatic heterocycles. The third kappa shape index (κ3) is 3.15. The molecule has 0 fully saturated rings. The molecule has 1 atom stereocenters. The predicted octanol–water partition coefficient (Wildman–Crippen LogP) is 0.214. The van der Waals surface area contributed by atoms with Gasteiger partial charge in [-0.3, -0.25) is 10.2 Å². The normalized spacial score (nSPS) is 17.4. The van der Waals surface area contributed by atoms with Crippen LogP contribution in [-0.2, 0) is 0 Å². The quantitative estimate of drug-likeness (QED) is 0.557. The van der Waals surface area contributed by atoms with E-state index in [4.69, 9.17) is 0 Å². The zero-order chi connectivity index (χ0) is 8.20. The Labute approximate surface area is 63.0 Å². The minimum Gasteiger partial charge on any atom is -0.363 e. The highest BCUT2D eigenvalue weighted by Gasteiger charge is 2.20. The Morgan fingerprint density at radius 2 is 2.00 bits per heavy atom. The number of aliphatic hydroxyl groups is 1. The maximum absolute atomic E-state index is 9.54. The zero-order valence-corrected chi connectivity index (χ0v) is 7.31. The lowest BCUT2D eigenvalue weighted by Crippen LogP contribution is -2.53. The van der Waals surface area contributed by atoms with Crippen molar-refractivity contribution in [1.29, 1.82) is 0 Å². The van der Waals surface area contributed by atoms with Gasteiger partial charge in [-0.2, -0.15) is 0 Å². The van der Waals surface area contributed by atoms with Gasteiger partial charge < -0.3 is 5.11 Å². The van der Waals surface area contributed by atoms with E-state index in [0.29, 0.717) is 0 Å². The molecule has 0 spiro atoms. The number of nitrogens with one attached hydrogen (secondary N) is 1. The average Bonchev–Trinajstić information content (AvgIpc) is 1.84. The van der Waals surface area contributed by atoms with Crippen molar-refractivity contribution in [2.45, 2.75) is 26.1 Å². The van der Waals surface area contributed by atoms with Crippen LogP contribution in [0.1, 0.15) is 20.3 Å². The van der Waals surface area contributed by atoms with Crippen LogP contribution in [0.15, 0.2) is 0 Å². The molecule has 0 aromatic carbocycles. The predicted molar refractivity (Wildman–Crippen MR) is 42.6 cm³/mol. The van der Waals surface area contributed by atoms with Crippen LogP contribution in [0.25, 0.3) is 0 Å². The molecule has 0 saturated carbocycles. The summed E-state index contributed by atoms with van der Waals surface area (Å²) in [5, 5.41) is 12.5. The minimum atomic E-state index is -0.865. The van der Waals surface area contributed by atoms with Gasteiger partial charge in [-0.15, -0.1) is 0 Å². The first-order valence-electron chi connectivity index (χ1n) is 3.65. The second-order valence-corrected chi connectivity index (χ2v) is 2.84. The van der Waals surface area contributed by atoms with Crippen molar-refractivity contribution in [3.63, 3.8) is 0 Å². The largest absolute Gasteiger partial charge is 0.363 e. The van der Waals surface area contributed by atoms with Crippen molar-refractivity contribution in [2.75, 3.05) is 20.6 Å². The lowest BCUT2D eigenvalue weighted by molar-refractivity contribution is -0.0936. The van der Waals surface area contributed by atoms with E-state index in [-0.39, 0.29) is 0 Å². The van der Waals surface area contributed by atoms with Crippen molar-refractivity contribution < 1.29 is 5.11 Å². The van der Waals surface area contributed by atoms with Crippen LogP contribution in [0.2, 0.25) is 0 Å². The molecule has 10 heavy (non-hydrogen) atoms. The summed E-state index contributed by atoms with van der Waals surface area (Å²) in [7, 11) is 3.67. The van der Waals surface area contributed by atoms with Gasteiger partial charge in [0.15, 0.2) is 5.85 Å². The molecule has 2 N–H and O–H groups in total. The van der Waals surface area contributed by atoms with Gasteiger partial charge in [0.05, 0.1) is 0 Å². The Bertz CT molecular complexity index is 91.6. The molecule has 0 rings (SSSR count). The summed E-state index contributed by atoms with van der Waals surface area (Å²) in [6.45, 7) is 4.65. The molecular formula is C7H18N2O. The lowest BCUT2D eigenvalue weighted by atomic mass is 10.4. The van der Waals surface area contributed by atoms with E-state index in [1.54, 1.807) is 11.8 Å². The van der Waals surface area contributed by atoms with Gasteiger partial charge in [-0.05, 0) is 34.0 Å². The van der Waals surface area contributed by atoms with Gasteiger partial charge >= 0.3 is 0 Å². The SMILES string of the molecule is CCCNC(C)(O)N(C)C. The molecule has 3 heteroatoms. The summed E-state index contributed by atoms with van der Waals surface area (Å²) in [6.07, 6.45) is 1.03. The molecule has 0 amide bonds. The highest BCUT2D eigenvalue weighted by atomic mass is 16.3. The number of hydrogen-bond acceptors (Lipinski definition) is 3. The lowest BCUT2D eigenvalue weighted by Gasteiger charge is -2.31. The number of hydrogen-bond donors (Lipinski definition) is 2. The standard InChI is InChI=1S/C7H18N2O/c1-5-6-8-7(2,10)9(3)4/h8,10H,5-6H2,1-4H3. The van der Waals surface area contributed by atoms with Crippen LogP contribution in [0.3, 0.4) is 0 Å². The molecule has 0 aromatic rings. The van der Waals surface area contributed by atoms with Gasteiger partial charge in [-0.1, -0.05) is 6.92 Å². The van der Waals surface area contributed by atoms with E-state index in [1.807, 2.05) is 14.1 Å². The summed E-state index contributed by atoms with van der Waals surface area (Å²) < 4.78 is 0. The fraction of sp³-hybridized carbons (Fsp3) is 1.00. The van der Waals surface area contributed by atoms with Crippen LogP contribution in [0, 0.1) is 0 Å². The third-order valence-corrected chi connectivity index (χ3v) is 1.58. The molecule has 62 valence electrons. The van der Waals surface area contributed by atoms with Crippen LogP contribution < -0.4 is 5.32 Å². The second-order valence-electron chi connectivity index (χ2n) is 2.84. The van der Waals surface area contributed by atoms with E-state index < -0.39 is 5.85 Å². The smallest absolute Gasteiger partial charge is 0.170 e. The Balaban J connectivity index is 3.63. The first-order chi connectivity index (χ1) is 4.50. The van der Waals surface area contributed by atoms with Crippen molar-refractivity contribution in [2.24, 2.45) is 0 Å². The van der Waals surface area contributed by atoms with Crippen LogP contribution in [0.4, 0.5) is 0 Å². The molecule has 0 aliphatic rings. The molecule has 0 saturated heterocycles. The third-order valence-electron chi connectivity index (χ3n) is 1.58. The highest BCUT2D eigenvalue weighted by Crippen LogP contribution is 2.00. The van der Waals surface area contributed by atoms with E-state index >= 15 is 0 Å². The van der Waals surface area contributed by atoms with Crippen LogP contribution in [0.5, 0.6) is 0 Å². The van der Waals surface area contributed by atoms with Gasteiger partial charge in [0, 0.05) is 0 Å². The Morgan fingerprint density at radius 3 is 2.30 bits per heavy atom.